The van der Waals surface area contributed by atoms with E-state index in [1.165, 1.54) is 0 Å². The first-order valence-electron chi connectivity index (χ1n) is 5.72. The molecule has 0 aliphatic carbocycles. The van der Waals surface area contributed by atoms with Crippen molar-refractivity contribution in [3.05, 3.63) is 0 Å². The minimum atomic E-state index is -0.886. The van der Waals surface area contributed by atoms with Gasteiger partial charge in [-0.25, -0.2) is 0 Å². The number of carbonyl (C=O) groups is 1. The van der Waals surface area contributed by atoms with Crippen molar-refractivity contribution in [1.29, 1.82) is 0 Å². The monoisotopic (exact) mass is 230 g/mol. The van der Waals surface area contributed by atoms with Gasteiger partial charge in [0.25, 0.3) is 0 Å². The molecule has 0 fully saturated rings. The summed E-state index contributed by atoms with van der Waals surface area (Å²) in [6.45, 7) is 8.20. The average Bonchev–Trinajstić information content (AvgIpc) is 1.99. The van der Waals surface area contributed by atoms with Crippen molar-refractivity contribution in [3.8, 4) is 0 Å². The quantitative estimate of drug-likeness (QED) is 0.725. The smallest absolute Gasteiger partial charge is 0.326 e. The van der Waals surface area contributed by atoms with Gasteiger partial charge in [-0.3, -0.25) is 4.79 Å². The van der Waals surface area contributed by atoms with Crippen molar-refractivity contribution >= 4 is 5.97 Å². The zero-order valence-corrected chi connectivity index (χ0v) is 11.5. The highest BCUT2D eigenvalue weighted by Crippen LogP contribution is 2.16. The van der Waals surface area contributed by atoms with Crippen molar-refractivity contribution in [2.24, 2.45) is 5.73 Å². The molecule has 0 spiro atoms. The molecule has 4 nitrogen and oxygen atoms in total. The zero-order valence-electron chi connectivity index (χ0n) is 11.5. The van der Waals surface area contributed by atoms with Crippen LogP contribution >= 0.6 is 0 Å². The second kappa shape index (κ2) is 5.64. The molecular weight excluding hydrogens is 204 g/mol. The number of rotatable bonds is 5. The van der Waals surface area contributed by atoms with E-state index in [1.54, 1.807) is 6.92 Å². The van der Waals surface area contributed by atoms with E-state index >= 15 is 0 Å². The molecule has 0 saturated carbocycles. The number of hydrogen-bond acceptors (Lipinski definition) is 4. The van der Waals surface area contributed by atoms with Crippen LogP contribution in [-0.2, 0) is 9.53 Å². The molecule has 16 heavy (non-hydrogen) atoms. The summed E-state index contributed by atoms with van der Waals surface area (Å²) in [4.78, 5) is 13.9. The molecule has 0 heterocycles. The minimum absolute atomic E-state index is 0.321. The highest BCUT2D eigenvalue weighted by molar-refractivity contribution is 5.80. The number of hydrogen-bond donors (Lipinski definition) is 1. The molecule has 96 valence electrons. The lowest BCUT2D eigenvalue weighted by Gasteiger charge is -2.28. The van der Waals surface area contributed by atoms with Gasteiger partial charge in [0.1, 0.15) is 11.1 Å². The molecule has 4 heteroatoms. The largest absolute Gasteiger partial charge is 0.459 e. The molecule has 0 aromatic rings. The molecule has 0 aliphatic heterocycles. The van der Waals surface area contributed by atoms with Crippen LogP contribution in [0.2, 0.25) is 0 Å². The highest BCUT2D eigenvalue weighted by atomic mass is 16.6. The summed E-state index contributed by atoms with van der Waals surface area (Å²) in [5, 5.41) is 0. The standard InChI is InChI=1S/C12H26N2O2/c1-11(2,3)16-10(15)12(4,13)8-7-9-14(5)6/h7-9,13H2,1-6H3. The van der Waals surface area contributed by atoms with E-state index in [4.69, 9.17) is 10.5 Å². The van der Waals surface area contributed by atoms with Crippen molar-refractivity contribution in [1.82, 2.24) is 4.90 Å². The van der Waals surface area contributed by atoms with Gasteiger partial charge in [0.05, 0.1) is 0 Å². The Morgan fingerprint density at radius 1 is 1.25 bits per heavy atom. The number of nitrogens with two attached hydrogens (primary N) is 1. The molecular formula is C12H26N2O2. The molecule has 2 N–H and O–H groups in total. The van der Waals surface area contributed by atoms with Crippen LogP contribution in [0.4, 0.5) is 0 Å². The Balaban J connectivity index is 4.16. The first-order valence-corrected chi connectivity index (χ1v) is 5.72. The highest BCUT2D eigenvalue weighted by Gasteiger charge is 2.32. The van der Waals surface area contributed by atoms with Gasteiger partial charge in [0, 0.05) is 0 Å². The number of ether oxygens (including phenoxy) is 1. The van der Waals surface area contributed by atoms with Gasteiger partial charge in [0.15, 0.2) is 0 Å². The van der Waals surface area contributed by atoms with Crippen LogP contribution in [0.25, 0.3) is 0 Å². The zero-order chi connectivity index (χ0) is 13.0. The first-order chi connectivity index (χ1) is 7.04. The topological polar surface area (TPSA) is 55.6 Å². The number of esters is 1. The van der Waals surface area contributed by atoms with E-state index in [0.29, 0.717) is 6.42 Å². The third-order valence-electron chi connectivity index (χ3n) is 2.17. The van der Waals surface area contributed by atoms with Crippen molar-refractivity contribution < 1.29 is 9.53 Å². The molecule has 0 saturated heterocycles. The molecule has 0 bridgehead atoms. The van der Waals surface area contributed by atoms with E-state index in [1.807, 2.05) is 34.9 Å². The summed E-state index contributed by atoms with van der Waals surface area (Å²) in [5.41, 5.74) is 4.60. The maximum atomic E-state index is 11.8. The van der Waals surface area contributed by atoms with Crippen molar-refractivity contribution in [2.45, 2.75) is 51.7 Å². The summed E-state index contributed by atoms with van der Waals surface area (Å²) < 4.78 is 5.28. The first kappa shape index (κ1) is 15.4. The van der Waals surface area contributed by atoms with E-state index in [2.05, 4.69) is 4.90 Å². The summed E-state index contributed by atoms with van der Waals surface area (Å²) in [7, 11) is 4.00. The third-order valence-corrected chi connectivity index (χ3v) is 2.17. The van der Waals surface area contributed by atoms with Crippen LogP contribution in [0.5, 0.6) is 0 Å². The Hall–Kier alpha value is -0.610. The molecule has 0 radical (unpaired) electrons. The van der Waals surface area contributed by atoms with Crippen LogP contribution in [0, 0.1) is 0 Å². The Bertz CT molecular complexity index is 230. The van der Waals surface area contributed by atoms with Gasteiger partial charge in [-0.1, -0.05) is 0 Å². The van der Waals surface area contributed by atoms with Crippen LogP contribution in [-0.4, -0.2) is 42.6 Å². The van der Waals surface area contributed by atoms with E-state index < -0.39 is 11.1 Å². The number of nitrogens with zero attached hydrogens (tertiary/aromatic N) is 1. The van der Waals surface area contributed by atoms with E-state index in [0.717, 1.165) is 13.0 Å². The van der Waals surface area contributed by atoms with Gasteiger partial charge >= 0.3 is 5.97 Å². The lowest BCUT2D eigenvalue weighted by molar-refractivity contribution is -0.161. The van der Waals surface area contributed by atoms with Gasteiger partial charge in [-0.15, -0.1) is 0 Å². The summed E-state index contributed by atoms with van der Waals surface area (Å²) >= 11 is 0. The van der Waals surface area contributed by atoms with E-state index in [9.17, 15) is 4.79 Å². The maximum absolute atomic E-state index is 11.8. The normalized spacial score (nSPS) is 16.0. The molecule has 0 aliphatic rings. The number of carbonyl (C=O) groups excluding carboxylic acids is 1. The Morgan fingerprint density at radius 2 is 1.75 bits per heavy atom. The molecule has 0 aromatic carbocycles. The summed E-state index contributed by atoms with van der Waals surface area (Å²) in [5.74, 6) is -0.321. The summed E-state index contributed by atoms with van der Waals surface area (Å²) in [6, 6.07) is 0. The van der Waals surface area contributed by atoms with Crippen LogP contribution in [0.3, 0.4) is 0 Å². The van der Waals surface area contributed by atoms with Crippen molar-refractivity contribution in [2.75, 3.05) is 20.6 Å². The molecule has 1 atom stereocenters. The van der Waals surface area contributed by atoms with Crippen molar-refractivity contribution in [3.63, 3.8) is 0 Å². The molecule has 0 amide bonds. The molecule has 1 unspecified atom stereocenters. The van der Waals surface area contributed by atoms with Gasteiger partial charge < -0.3 is 15.4 Å². The predicted octanol–water partition coefficient (Wildman–Crippen LogP) is 1.39. The average molecular weight is 230 g/mol. The van der Waals surface area contributed by atoms with Crippen LogP contribution in [0.1, 0.15) is 40.5 Å². The second-order valence-electron chi connectivity index (χ2n) is 5.83. The fourth-order valence-corrected chi connectivity index (χ4v) is 1.26. The second-order valence-corrected chi connectivity index (χ2v) is 5.83. The van der Waals surface area contributed by atoms with Gasteiger partial charge in [-0.2, -0.15) is 0 Å². The Morgan fingerprint density at radius 3 is 2.12 bits per heavy atom. The van der Waals surface area contributed by atoms with E-state index in [-0.39, 0.29) is 5.97 Å². The lowest BCUT2D eigenvalue weighted by Crippen LogP contribution is -2.48. The maximum Gasteiger partial charge on any atom is 0.326 e. The SMILES string of the molecule is CN(C)CCCC(C)(N)C(=O)OC(C)(C)C. The minimum Gasteiger partial charge on any atom is -0.459 e. The lowest BCUT2D eigenvalue weighted by atomic mass is 9.97. The summed E-state index contributed by atoms with van der Waals surface area (Å²) in [6.07, 6.45) is 1.53. The van der Waals surface area contributed by atoms with Gasteiger partial charge in [0.2, 0.25) is 0 Å². The van der Waals surface area contributed by atoms with Gasteiger partial charge in [-0.05, 0) is 61.2 Å². The predicted molar refractivity (Wildman–Crippen MR) is 66.2 cm³/mol. The molecule has 0 aromatic heterocycles. The fourth-order valence-electron chi connectivity index (χ4n) is 1.26. The Labute approximate surface area is 99.1 Å². The fraction of sp³-hybridized carbons (Fsp3) is 0.917. The molecule has 0 rings (SSSR count). The van der Waals surface area contributed by atoms with Crippen LogP contribution < -0.4 is 5.73 Å². The Kier molecular flexibility index (Phi) is 5.42. The third kappa shape index (κ3) is 6.80. The van der Waals surface area contributed by atoms with Crippen LogP contribution in [0.15, 0.2) is 0 Å².